The summed E-state index contributed by atoms with van der Waals surface area (Å²) in [7, 11) is -5.76. The van der Waals surface area contributed by atoms with Crippen LogP contribution in [0.15, 0.2) is 47.1 Å². The largest absolute Gasteiger partial charge is 0.534 e. The molecule has 2 aromatic rings. The van der Waals surface area contributed by atoms with Crippen LogP contribution in [0.1, 0.15) is 11.1 Å². The highest BCUT2D eigenvalue weighted by Gasteiger charge is 2.49. The van der Waals surface area contributed by atoms with Crippen molar-refractivity contribution in [2.75, 3.05) is 0 Å². The lowest BCUT2D eigenvalue weighted by molar-refractivity contribution is -0.0501. The molecule has 0 saturated carbocycles. The number of rotatable bonds is 4. The lowest BCUT2D eigenvalue weighted by atomic mass is 10.1. The predicted octanol–water partition coefficient (Wildman–Crippen LogP) is 3.66. The van der Waals surface area contributed by atoms with Crippen molar-refractivity contribution in [2.24, 2.45) is 0 Å². The summed E-state index contributed by atoms with van der Waals surface area (Å²) < 4.78 is 64.1. The summed E-state index contributed by atoms with van der Waals surface area (Å²) in [5, 5.41) is 0. The summed E-state index contributed by atoms with van der Waals surface area (Å²) in [5.41, 5.74) is -4.52. The van der Waals surface area contributed by atoms with Crippen LogP contribution in [-0.4, -0.2) is 18.9 Å². The van der Waals surface area contributed by atoms with Crippen LogP contribution in [-0.2, 0) is 16.5 Å². The zero-order chi connectivity index (χ0) is 16.4. The first kappa shape index (κ1) is 16.8. The van der Waals surface area contributed by atoms with Crippen molar-refractivity contribution in [3.05, 3.63) is 58.2 Å². The molecule has 0 amide bonds. The van der Waals surface area contributed by atoms with Gasteiger partial charge in [0.15, 0.2) is 0 Å². The molecular weight excluding hydrogens is 387 g/mol. The van der Waals surface area contributed by atoms with Gasteiger partial charge < -0.3 is 4.18 Å². The molecule has 0 unspecified atom stereocenters. The quantitative estimate of drug-likeness (QED) is 0.585. The van der Waals surface area contributed by atoms with Crippen molar-refractivity contribution in [2.45, 2.75) is 11.9 Å². The molecule has 9 heteroatoms. The van der Waals surface area contributed by atoms with E-state index in [0.29, 0.717) is 4.47 Å². The molecule has 1 heterocycles. The van der Waals surface area contributed by atoms with Crippen LogP contribution in [0.2, 0.25) is 0 Å². The summed E-state index contributed by atoms with van der Waals surface area (Å²) in [5.74, 6) is -0.593. The van der Waals surface area contributed by atoms with Gasteiger partial charge in [-0.1, -0.05) is 30.3 Å². The third kappa shape index (κ3) is 3.98. The maximum atomic E-state index is 12.4. The highest BCUT2D eigenvalue weighted by Crippen LogP contribution is 2.29. The van der Waals surface area contributed by atoms with Gasteiger partial charge in [-0.2, -0.15) is 21.6 Å². The zero-order valence-corrected chi connectivity index (χ0v) is 13.2. The summed E-state index contributed by atoms with van der Waals surface area (Å²) >= 11 is 3.14. The fourth-order valence-electron chi connectivity index (χ4n) is 1.64. The smallest absolute Gasteiger partial charge is 0.355 e. The van der Waals surface area contributed by atoms with E-state index in [9.17, 15) is 21.6 Å². The zero-order valence-electron chi connectivity index (χ0n) is 10.8. The number of aromatic nitrogens is 1. The number of pyridine rings is 1. The van der Waals surface area contributed by atoms with Crippen LogP contribution >= 0.6 is 15.9 Å². The van der Waals surface area contributed by atoms with Gasteiger partial charge in [-0.15, -0.1) is 0 Å². The van der Waals surface area contributed by atoms with Gasteiger partial charge in [0.1, 0.15) is 0 Å². The molecule has 4 nitrogen and oxygen atoms in total. The Hall–Kier alpha value is -1.61. The third-order valence-electron chi connectivity index (χ3n) is 2.60. The number of hydrogen-bond donors (Lipinski definition) is 0. The van der Waals surface area contributed by atoms with E-state index in [2.05, 4.69) is 25.1 Å². The first-order valence-corrected chi connectivity index (χ1v) is 8.08. The van der Waals surface area contributed by atoms with Gasteiger partial charge in [-0.05, 0) is 27.6 Å². The van der Waals surface area contributed by atoms with E-state index >= 15 is 0 Å². The summed E-state index contributed by atoms with van der Waals surface area (Å²) in [4.78, 5) is 3.62. The maximum absolute atomic E-state index is 12.4. The highest BCUT2D eigenvalue weighted by molar-refractivity contribution is 9.10. The minimum absolute atomic E-state index is 0.177. The Kier molecular flexibility index (Phi) is 4.76. The summed E-state index contributed by atoms with van der Waals surface area (Å²) in [6, 6.07) is 10.3. The standard InChI is InChI=1S/C13H9BrF3NO3S/c14-11-7-10(6-9-4-2-1-3-5-9)12(18-8-11)21-22(19,20)13(15,16)17/h1-5,7-8H,6H2. The molecule has 1 aromatic carbocycles. The van der Waals surface area contributed by atoms with E-state index in [1.165, 1.54) is 6.07 Å². The third-order valence-corrected chi connectivity index (χ3v) is 3.98. The topological polar surface area (TPSA) is 56.3 Å². The van der Waals surface area contributed by atoms with Gasteiger partial charge in [-0.25, -0.2) is 4.98 Å². The average molecular weight is 396 g/mol. The number of halogens is 4. The van der Waals surface area contributed by atoms with Gasteiger partial charge in [0, 0.05) is 22.7 Å². The van der Waals surface area contributed by atoms with E-state index in [1.54, 1.807) is 30.3 Å². The van der Waals surface area contributed by atoms with Crippen molar-refractivity contribution in [3.8, 4) is 5.88 Å². The molecule has 0 spiro atoms. The number of hydrogen-bond acceptors (Lipinski definition) is 4. The van der Waals surface area contributed by atoms with Crippen molar-refractivity contribution in [3.63, 3.8) is 0 Å². The molecule has 0 radical (unpaired) electrons. The minimum atomic E-state index is -5.76. The van der Waals surface area contributed by atoms with Crippen molar-refractivity contribution < 1.29 is 25.8 Å². The molecule has 1 aromatic heterocycles. The van der Waals surface area contributed by atoms with Crippen molar-refractivity contribution in [1.29, 1.82) is 0 Å². The molecule has 0 bridgehead atoms. The molecule has 2 rings (SSSR count). The first-order valence-electron chi connectivity index (χ1n) is 5.88. The summed E-state index contributed by atoms with van der Waals surface area (Å²) in [6.45, 7) is 0. The highest BCUT2D eigenvalue weighted by atomic mass is 79.9. The molecule has 0 atom stereocenters. The van der Waals surface area contributed by atoms with Crippen LogP contribution < -0.4 is 4.18 Å². The Morgan fingerprint density at radius 1 is 1.18 bits per heavy atom. The van der Waals surface area contributed by atoms with E-state index in [1.807, 2.05) is 0 Å². The minimum Gasteiger partial charge on any atom is -0.355 e. The second kappa shape index (κ2) is 6.25. The monoisotopic (exact) mass is 395 g/mol. The van der Waals surface area contributed by atoms with Gasteiger partial charge in [-0.3, -0.25) is 0 Å². The summed E-state index contributed by atoms with van der Waals surface area (Å²) in [6.07, 6.45) is 1.34. The molecular formula is C13H9BrF3NO3S. The SMILES string of the molecule is O=S(=O)(Oc1ncc(Br)cc1Cc1ccccc1)C(F)(F)F. The lowest BCUT2D eigenvalue weighted by Gasteiger charge is -2.12. The van der Waals surface area contributed by atoms with Crippen LogP contribution in [0.3, 0.4) is 0 Å². The number of benzene rings is 1. The first-order chi connectivity index (χ1) is 10.2. The van der Waals surface area contributed by atoms with Crippen LogP contribution in [0.5, 0.6) is 5.88 Å². The van der Waals surface area contributed by atoms with Crippen LogP contribution in [0.4, 0.5) is 13.2 Å². The second-order valence-electron chi connectivity index (χ2n) is 4.26. The van der Waals surface area contributed by atoms with Crippen molar-refractivity contribution >= 4 is 26.0 Å². The Morgan fingerprint density at radius 3 is 2.41 bits per heavy atom. The molecule has 0 aliphatic heterocycles. The maximum Gasteiger partial charge on any atom is 0.534 e. The van der Waals surface area contributed by atoms with Gasteiger partial charge >= 0.3 is 15.6 Å². The molecule has 0 N–H and O–H groups in total. The van der Waals surface area contributed by atoms with E-state index in [-0.39, 0.29) is 12.0 Å². The molecule has 22 heavy (non-hydrogen) atoms. The number of alkyl halides is 3. The Bertz CT molecular complexity index is 764. The molecule has 0 fully saturated rings. The number of nitrogens with zero attached hydrogens (tertiary/aromatic N) is 1. The normalized spacial score (nSPS) is 12.2. The Morgan fingerprint density at radius 2 is 1.82 bits per heavy atom. The molecule has 0 saturated heterocycles. The fraction of sp³-hybridized carbons (Fsp3) is 0.154. The van der Waals surface area contributed by atoms with E-state index in [4.69, 9.17) is 0 Å². The molecule has 0 aliphatic rings. The second-order valence-corrected chi connectivity index (χ2v) is 6.72. The Labute approximate surface area is 133 Å². The van der Waals surface area contributed by atoms with Crippen LogP contribution in [0, 0.1) is 0 Å². The lowest BCUT2D eigenvalue weighted by Crippen LogP contribution is -2.28. The fourth-order valence-corrected chi connectivity index (χ4v) is 2.47. The van der Waals surface area contributed by atoms with Gasteiger partial charge in [0.25, 0.3) is 0 Å². The predicted molar refractivity (Wildman–Crippen MR) is 76.8 cm³/mol. The molecule has 118 valence electrons. The van der Waals surface area contributed by atoms with Crippen LogP contribution in [0.25, 0.3) is 0 Å². The van der Waals surface area contributed by atoms with Gasteiger partial charge in [0.2, 0.25) is 5.88 Å². The van der Waals surface area contributed by atoms with Crippen molar-refractivity contribution in [1.82, 2.24) is 4.98 Å². The average Bonchev–Trinajstić information content (AvgIpc) is 2.41. The molecule has 0 aliphatic carbocycles. The Balaban J connectivity index is 2.37. The van der Waals surface area contributed by atoms with E-state index < -0.39 is 21.5 Å². The van der Waals surface area contributed by atoms with Gasteiger partial charge in [0.05, 0.1) is 0 Å². The van der Waals surface area contributed by atoms with E-state index in [0.717, 1.165) is 11.8 Å².